The number of aromatic nitrogens is 2. The van der Waals surface area contributed by atoms with Crippen molar-refractivity contribution in [1.82, 2.24) is 14.9 Å². The molecule has 0 amide bonds. The molecular weight excluding hydrogens is 214 g/mol. The van der Waals surface area contributed by atoms with Gasteiger partial charge in [0.15, 0.2) is 0 Å². The fourth-order valence-corrected chi connectivity index (χ4v) is 2.32. The molecule has 1 saturated carbocycles. The van der Waals surface area contributed by atoms with E-state index in [1.807, 2.05) is 19.3 Å². The van der Waals surface area contributed by atoms with Crippen molar-refractivity contribution in [2.45, 2.75) is 45.3 Å². The molecular formula is C13H23N3O. The van der Waals surface area contributed by atoms with Crippen molar-refractivity contribution in [3.63, 3.8) is 0 Å². The lowest BCUT2D eigenvalue weighted by molar-refractivity contribution is 0.0604. The highest BCUT2D eigenvalue weighted by Crippen LogP contribution is 2.20. The Morgan fingerprint density at radius 3 is 2.94 bits per heavy atom. The van der Waals surface area contributed by atoms with Crippen molar-refractivity contribution in [2.75, 3.05) is 19.7 Å². The third kappa shape index (κ3) is 4.13. The van der Waals surface area contributed by atoms with E-state index in [1.165, 1.54) is 25.7 Å². The Morgan fingerprint density at radius 1 is 1.41 bits per heavy atom. The molecule has 0 bridgehead atoms. The highest BCUT2D eigenvalue weighted by molar-refractivity contribution is 4.88. The van der Waals surface area contributed by atoms with Gasteiger partial charge in [-0.1, -0.05) is 12.8 Å². The number of rotatable bonds is 7. The van der Waals surface area contributed by atoms with Crippen LogP contribution >= 0.6 is 0 Å². The van der Waals surface area contributed by atoms with Gasteiger partial charge in [0.05, 0.1) is 12.7 Å². The molecule has 0 radical (unpaired) electrons. The predicted octanol–water partition coefficient (Wildman–Crippen LogP) is 1.74. The molecule has 0 unspecified atom stereocenters. The molecule has 1 aromatic rings. The van der Waals surface area contributed by atoms with Crippen LogP contribution in [-0.2, 0) is 11.3 Å². The highest BCUT2D eigenvalue weighted by atomic mass is 16.5. The molecule has 1 N–H and O–H groups in total. The number of ether oxygens (including phenoxy) is 1. The summed E-state index contributed by atoms with van der Waals surface area (Å²) in [4.78, 5) is 4.19. The molecule has 4 heteroatoms. The van der Waals surface area contributed by atoms with Crippen molar-refractivity contribution in [3.8, 4) is 0 Å². The van der Waals surface area contributed by atoms with E-state index in [-0.39, 0.29) is 0 Å². The first kappa shape index (κ1) is 12.6. The molecule has 0 spiro atoms. The largest absolute Gasteiger partial charge is 0.377 e. The van der Waals surface area contributed by atoms with E-state index in [4.69, 9.17) is 4.74 Å². The van der Waals surface area contributed by atoms with E-state index in [1.54, 1.807) is 0 Å². The summed E-state index contributed by atoms with van der Waals surface area (Å²) in [7, 11) is 0. The zero-order valence-electron chi connectivity index (χ0n) is 10.7. The molecule has 2 rings (SSSR count). The molecule has 1 aromatic heterocycles. The van der Waals surface area contributed by atoms with E-state index >= 15 is 0 Å². The average Bonchev–Trinajstić information content (AvgIpc) is 2.95. The van der Waals surface area contributed by atoms with Gasteiger partial charge in [0, 0.05) is 32.0 Å². The van der Waals surface area contributed by atoms with Crippen molar-refractivity contribution in [2.24, 2.45) is 0 Å². The number of hydrogen-bond donors (Lipinski definition) is 1. The Kier molecular flexibility index (Phi) is 5.01. The smallest absolute Gasteiger partial charge is 0.105 e. The van der Waals surface area contributed by atoms with E-state index in [2.05, 4.69) is 14.9 Å². The van der Waals surface area contributed by atoms with Gasteiger partial charge in [0.1, 0.15) is 5.82 Å². The zero-order valence-corrected chi connectivity index (χ0v) is 10.7. The minimum atomic E-state index is 0.535. The molecule has 4 nitrogen and oxygen atoms in total. The normalized spacial score (nSPS) is 16.8. The zero-order chi connectivity index (χ0) is 11.9. The fraction of sp³-hybridized carbons (Fsp3) is 0.769. The Balaban J connectivity index is 1.47. The first-order valence-corrected chi connectivity index (χ1v) is 6.66. The summed E-state index contributed by atoms with van der Waals surface area (Å²) >= 11 is 0. The summed E-state index contributed by atoms with van der Waals surface area (Å²) in [6.45, 7) is 5.78. The minimum absolute atomic E-state index is 0.535. The van der Waals surface area contributed by atoms with E-state index in [9.17, 15) is 0 Å². The van der Waals surface area contributed by atoms with Crippen molar-refractivity contribution >= 4 is 0 Å². The van der Waals surface area contributed by atoms with Crippen LogP contribution in [0.25, 0.3) is 0 Å². The SMILES string of the molecule is Cc1nccn1CCNCCOC1CCCC1. The topological polar surface area (TPSA) is 39.1 Å². The molecule has 96 valence electrons. The van der Waals surface area contributed by atoms with Gasteiger partial charge >= 0.3 is 0 Å². The standard InChI is InChI=1S/C13H23N3O/c1-12-15-7-10-16(12)9-6-14-8-11-17-13-4-2-3-5-13/h7,10,13-14H,2-6,8-9,11H2,1H3. The van der Waals surface area contributed by atoms with Gasteiger partial charge in [0.25, 0.3) is 0 Å². The van der Waals surface area contributed by atoms with Crippen LogP contribution in [0.1, 0.15) is 31.5 Å². The van der Waals surface area contributed by atoms with Crippen molar-refractivity contribution in [3.05, 3.63) is 18.2 Å². The van der Waals surface area contributed by atoms with Crippen LogP contribution in [0, 0.1) is 6.92 Å². The van der Waals surface area contributed by atoms with Gasteiger partial charge in [-0.2, -0.15) is 0 Å². The number of nitrogens with zero attached hydrogens (tertiary/aromatic N) is 2. The molecule has 17 heavy (non-hydrogen) atoms. The van der Waals surface area contributed by atoms with Crippen LogP contribution in [0.5, 0.6) is 0 Å². The maximum atomic E-state index is 5.78. The third-order valence-corrected chi connectivity index (χ3v) is 3.39. The van der Waals surface area contributed by atoms with Crippen LogP contribution < -0.4 is 5.32 Å². The summed E-state index contributed by atoms with van der Waals surface area (Å²) in [6, 6.07) is 0. The summed E-state index contributed by atoms with van der Waals surface area (Å²) in [5, 5.41) is 3.40. The lowest BCUT2D eigenvalue weighted by atomic mass is 10.3. The maximum Gasteiger partial charge on any atom is 0.105 e. The first-order valence-electron chi connectivity index (χ1n) is 6.66. The van der Waals surface area contributed by atoms with E-state index in [0.29, 0.717) is 6.10 Å². The van der Waals surface area contributed by atoms with Crippen LogP contribution in [0.4, 0.5) is 0 Å². The number of imidazole rings is 1. The Labute approximate surface area is 103 Å². The lowest BCUT2D eigenvalue weighted by Gasteiger charge is -2.11. The van der Waals surface area contributed by atoms with Gasteiger partial charge < -0.3 is 14.6 Å². The predicted molar refractivity (Wildman–Crippen MR) is 68.0 cm³/mol. The van der Waals surface area contributed by atoms with Crippen LogP contribution in [0.2, 0.25) is 0 Å². The second-order valence-electron chi connectivity index (χ2n) is 4.70. The molecule has 0 aliphatic heterocycles. The molecule has 1 fully saturated rings. The fourth-order valence-electron chi connectivity index (χ4n) is 2.32. The third-order valence-electron chi connectivity index (χ3n) is 3.39. The average molecular weight is 237 g/mol. The molecule has 0 atom stereocenters. The number of aryl methyl sites for hydroxylation is 1. The molecule has 1 heterocycles. The van der Waals surface area contributed by atoms with Crippen molar-refractivity contribution < 1.29 is 4.74 Å². The summed E-state index contributed by atoms with van der Waals surface area (Å²) in [5.41, 5.74) is 0. The van der Waals surface area contributed by atoms with Gasteiger partial charge in [-0.25, -0.2) is 4.98 Å². The molecule has 1 aliphatic rings. The molecule has 0 saturated heterocycles. The van der Waals surface area contributed by atoms with Gasteiger partial charge in [-0.15, -0.1) is 0 Å². The van der Waals surface area contributed by atoms with Crippen LogP contribution in [-0.4, -0.2) is 35.4 Å². The van der Waals surface area contributed by atoms with Gasteiger partial charge in [-0.05, 0) is 19.8 Å². The highest BCUT2D eigenvalue weighted by Gasteiger charge is 2.14. The summed E-state index contributed by atoms with van der Waals surface area (Å²) < 4.78 is 7.94. The summed E-state index contributed by atoms with van der Waals surface area (Å²) in [6.07, 6.45) is 9.61. The Morgan fingerprint density at radius 2 is 2.24 bits per heavy atom. The second kappa shape index (κ2) is 6.77. The number of hydrogen-bond acceptors (Lipinski definition) is 3. The van der Waals surface area contributed by atoms with Crippen LogP contribution in [0.3, 0.4) is 0 Å². The maximum absolute atomic E-state index is 5.78. The van der Waals surface area contributed by atoms with Crippen LogP contribution in [0.15, 0.2) is 12.4 Å². The molecule has 0 aromatic carbocycles. The number of nitrogens with one attached hydrogen (secondary N) is 1. The molecule has 1 aliphatic carbocycles. The second-order valence-corrected chi connectivity index (χ2v) is 4.70. The Hall–Kier alpha value is -0.870. The lowest BCUT2D eigenvalue weighted by Crippen LogP contribution is -2.25. The summed E-state index contributed by atoms with van der Waals surface area (Å²) in [5.74, 6) is 1.08. The quantitative estimate of drug-likeness (QED) is 0.734. The van der Waals surface area contributed by atoms with Crippen molar-refractivity contribution in [1.29, 1.82) is 0 Å². The van der Waals surface area contributed by atoms with E-state index < -0.39 is 0 Å². The minimum Gasteiger partial charge on any atom is -0.377 e. The van der Waals surface area contributed by atoms with Gasteiger partial charge in [0.2, 0.25) is 0 Å². The first-order chi connectivity index (χ1) is 8.36. The van der Waals surface area contributed by atoms with E-state index in [0.717, 1.165) is 32.1 Å². The van der Waals surface area contributed by atoms with Gasteiger partial charge in [-0.3, -0.25) is 0 Å². The Bertz CT molecular complexity index is 318. The monoisotopic (exact) mass is 237 g/mol.